The van der Waals surface area contributed by atoms with Crippen molar-refractivity contribution in [3.05, 3.63) is 0 Å². The molecule has 0 atom stereocenters. The van der Waals surface area contributed by atoms with Crippen LogP contribution in [-0.4, -0.2) is 44.8 Å². The molecule has 0 fully saturated rings. The maximum Gasteiger partial charge on any atom is 2.00 e. The Hall–Kier alpha value is -1.60. The maximum absolute atomic E-state index is 10.8. The summed E-state index contributed by atoms with van der Waals surface area (Å²) in [4.78, 5) is 42.3. The first kappa shape index (κ1) is 17.8. The number of rotatable bonds is 6. The average molecular weight is 298 g/mol. The van der Waals surface area contributed by atoms with Gasteiger partial charge in [0.2, 0.25) is 5.60 Å². The van der Waals surface area contributed by atoms with Crippen LogP contribution in [-0.2, 0) is 41.0 Å². The van der Waals surface area contributed by atoms with Crippen molar-refractivity contribution in [2.24, 2.45) is 0 Å². The van der Waals surface area contributed by atoms with Crippen molar-refractivity contribution in [1.82, 2.24) is 0 Å². The van der Waals surface area contributed by atoms with Gasteiger partial charge >= 0.3 is 40.9 Å². The van der Waals surface area contributed by atoms with Crippen molar-refractivity contribution < 1.29 is 56.3 Å². The fraction of sp³-hybridized carbons (Fsp3) is 0.500. The first-order valence-electron chi connectivity index (χ1n) is 4.06. The molecule has 0 heterocycles. The Morgan fingerprint density at radius 2 is 1.35 bits per heavy atom. The molecule has 8 nitrogen and oxygen atoms in total. The third-order valence-electron chi connectivity index (χ3n) is 1.60. The van der Waals surface area contributed by atoms with E-state index in [9.17, 15) is 19.2 Å². The summed E-state index contributed by atoms with van der Waals surface area (Å²) >= 11 is 0. The van der Waals surface area contributed by atoms with Crippen molar-refractivity contribution >= 4 is 23.9 Å². The predicted molar refractivity (Wildman–Crippen MR) is 46.6 cm³/mol. The molecule has 3 N–H and O–H groups in total. The van der Waals surface area contributed by atoms with Gasteiger partial charge in [0.1, 0.15) is 0 Å². The molecule has 0 amide bonds. The van der Waals surface area contributed by atoms with E-state index in [1.807, 2.05) is 0 Å². The summed E-state index contributed by atoms with van der Waals surface area (Å²) in [5.41, 5.74) is -2.57. The second kappa shape index (κ2) is 6.87. The van der Waals surface area contributed by atoms with Gasteiger partial charge in [0.25, 0.3) is 0 Å². The molecule has 0 saturated heterocycles. The number of esters is 1. The van der Waals surface area contributed by atoms with Gasteiger partial charge in [0.05, 0.1) is 12.8 Å². The Balaban J connectivity index is 0. The monoisotopic (exact) mass is 297 g/mol. The number of carbonyl (C=O) groups is 4. The minimum absolute atomic E-state index is 0. The van der Waals surface area contributed by atoms with Crippen molar-refractivity contribution in [3.8, 4) is 0 Å². The molecule has 0 aromatic carbocycles. The van der Waals surface area contributed by atoms with Crippen molar-refractivity contribution in [1.29, 1.82) is 0 Å². The molecule has 0 aromatic heterocycles. The van der Waals surface area contributed by atoms with Crippen LogP contribution >= 0.6 is 0 Å². The number of carboxylic acids is 3. The van der Waals surface area contributed by atoms with Crippen LogP contribution in [0.4, 0.5) is 0 Å². The van der Waals surface area contributed by atoms with E-state index in [0.29, 0.717) is 0 Å². The van der Waals surface area contributed by atoms with Gasteiger partial charge in [-0.05, 0) is 0 Å². The van der Waals surface area contributed by atoms with E-state index in [0.717, 1.165) is 6.92 Å². The predicted octanol–water partition coefficient (Wildman–Crippen LogP) is -0.680. The van der Waals surface area contributed by atoms with E-state index in [4.69, 9.17) is 15.3 Å². The van der Waals surface area contributed by atoms with Gasteiger partial charge in [-0.15, -0.1) is 0 Å². The molecule has 0 saturated carbocycles. The van der Waals surface area contributed by atoms with Crippen molar-refractivity contribution in [2.45, 2.75) is 25.4 Å². The molecule has 0 bridgehead atoms. The molecule has 99 valence electrons. The van der Waals surface area contributed by atoms with Crippen molar-refractivity contribution in [3.63, 3.8) is 0 Å². The SMILES string of the molecule is CC(=O)OC(CC(=O)O)(CC(=O)O)C(=O)O.[Cu+2]. The van der Waals surface area contributed by atoms with E-state index >= 15 is 0 Å². The van der Waals surface area contributed by atoms with E-state index in [1.54, 1.807) is 0 Å². The summed E-state index contributed by atoms with van der Waals surface area (Å²) in [5, 5.41) is 25.7. The molecule has 9 heteroatoms. The minimum atomic E-state index is -2.57. The van der Waals surface area contributed by atoms with Crippen LogP contribution in [0.1, 0.15) is 19.8 Å². The van der Waals surface area contributed by atoms with E-state index in [1.165, 1.54) is 0 Å². The van der Waals surface area contributed by atoms with Gasteiger partial charge in [-0.3, -0.25) is 14.4 Å². The zero-order valence-corrected chi connectivity index (χ0v) is 9.54. The first-order valence-corrected chi connectivity index (χ1v) is 4.06. The zero-order chi connectivity index (χ0) is 12.9. The fourth-order valence-corrected chi connectivity index (χ4v) is 1.09. The second-order valence-electron chi connectivity index (χ2n) is 3.03. The Labute approximate surface area is 106 Å². The third kappa shape index (κ3) is 5.88. The Kier molecular flexibility index (Phi) is 7.19. The molecule has 0 aliphatic rings. The normalized spacial score (nSPS) is 9.94. The van der Waals surface area contributed by atoms with Crippen LogP contribution in [0.2, 0.25) is 0 Å². The molecule has 17 heavy (non-hydrogen) atoms. The van der Waals surface area contributed by atoms with Gasteiger partial charge in [0, 0.05) is 6.92 Å². The molecule has 0 aromatic rings. The Morgan fingerprint density at radius 1 is 1.00 bits per heavy atom. The zero-order valence-electron chi connectivity index (χ0n) is 8.60. The summed E-state index contributed by atoms with van der Waals surface area (Å²) in [6.45, 7) is 0.862. The van der Waals surface area contributed by atoms with Crippen LogP contribution < -0.4 is 0 Å². The van der Waals surface area contributed by atoms with E-state index < -0.39 is 42.3 Å². The Bertz CT molecular complexity index is 296. The van der Waals surface area contributed by atoms with Gasteiger partial charge in [-0.2, -0.15) is 0 Å². The molecular weight excluding hydrogens is 288 g/mol. The molecule has 0 spiro atoms. The standard InChI is InChI=1S/C8H10O8.Cu/c1-4(9)16-8(7(14)15,2-5(10)11)3-6(12)13;/h2-3H2,1H3,(H,10,11)(H,12,13)(H,14,15);/q;+2. The maximum atomic E-state index is 10.8. The largest absolute Gasteiger partial charge is 2.00 e. The van der Waals surface area contributed by atoms with Crippen LogP contribution in [0.5, 0.6) is 0 Å². The van der Waals surface area contributed by atoms with E-state index in [2.05, 4.69) is 4.74 Å². The van der Waals surface area contributed by atoms with Crippen LogP contribution in [0.25, 0.3) is 0 Å². The average Bonchev–Trinajstić information content (AvgIpc) is 1.98. The number of hydrogen-bond acceptors (Lipinski definition) is 5. The van der Waals surface area contributed by atoms with Gasteiger partial charge < -0.3 is 20.1 Å². The van der Waals surface area contributed by atoms with Crippen molar-refractivity contribution in [2.75, 3.05) is 0 Å². The Morgan fingerprint density at radius 3 is 1.53 bits per heavy atom. The number of carbonyl (C=O) groups excluding carboxylic acids is 1. The fourth-order valence-electron chi connectivity index (χ4n) is 1.09. The van der Waals surface area contributed by atoms with Crippen LogP contribution in [0.3, 0.4) is 0 Å². The summed E-state index contributed by atoms with van der Waals surface area (Å²) in [5.74, 6) is -6.03. The quantitative estimate of drug-likeness (QED) is 0.433. The minimum Gasteiger partial charge on any atom is -0.481 e. The molecule has 0 unspecified atom stereocenters. The molecule has 0 aliphatic carbocycles. The first-order chi connectivity index (χ1) is 7.19. The molecule has 0 rings (SSSR count). The molecule has 0 aliphatic heterocycles. The molecule has 1 radical (unpaired) electrons. The van der Waals surface area contributed by atoms with Gasteiger partial charge in [0.15, 0.2) is 0 Å². The second-order valence-corrected chi connectivity index (χ2v) is 3.03. The summed E-state index contributed by atoms with van der Waals surface area (Å²) in [6.07, 6.45) is -2.23. The number of hydrogen-bond donors (Lipinski definition) is 3. The number of carboxylic acid groups (broad SMARTS) is 3. The number of ether oxygens (including phenoxy) is 1. The number of aliphatic carboxylic acids is 3. The third-order valence-corrected chi connectivity index (χ3v) is 1.60. The molecular formula is C8H10CuO8+2. The summed E-state index contributed by atoms with van der Waals surface area (Å²) < 4.78 is 4.32. The van der Waals surface area contributed by atoms with E-state index in [-0.39, 0.29) is 17.1 Å². The smallest absolute Gasteiger partial charge is 0.481 e. The summed E-state index contributed by atoms with van der Waals surface area (Å²) in [7, 11) is 0. The van der Waals surface area contributed by atoms with Gasteiger partial charge in [-0.1, -0.05) is 0 Å². The van der Waals surface area contributed by atoms with Crippen LogP contribution in [0.15, 0.2) is 0 Å². The van der Waals surface area contributed by atoms with Crippen LogP contribution in [0, 0.1) is 0 Å². The van der Waals surface area contributed by atoms with Gasteiger partial charge in [-0.25, -0.2) is 4.79 Å². The summed E-state index contributed by atoms with van der Waals surface area (Å²) in [6, 6.07) is 0. The topological polar surface area (TPSA) is 138 Å².